The van der Waals surface area contributed by atoms with Crippen molar-refractivity contribution in [2.24, 2.45) is 0 Å². The topological polar surface area (TPSA) is 80.9 Å². The fourth-order valence-electron chi connectivity index (χ4n) is 2.19. The van der Waals surface area contributed by atoms with Crippen molar-refractivity contribution in [3.63, 3.8) is 0 Å². The van der Waals surface area contributed by atoms with Crippen molar-refractivity contribution in [2.75, 3.05) is 6.54 Å². The molecule has 0 radical (unpaired) electrons. The molecule has 26 heavy (non-hydrogen) atoms. The summed E-state index contributed by atoms with van der Waals surface area (Å²) in [7, 11) is 0. The van der Waals surface area contributed by atoms with E-state index < -0.39 is 0 Å². The van der Waals surface area contributed by atoms with E-state index >= 15 is 0 Å². The summed E-state index contributed by atoms with van der Waals surface area (Å²) in [6.45, 7) is 2.35. The molecule has 2 heterocycles. The van der Waals surface area contributed by atoms with Gasteiger partial charge in [0.1, 0.15) is 0 Å². The van der Waals surface area contributed by atoms with Crippen molar-refractivity contribution in [1.82, 2.24) is 20.5 Å². The normalized spacial score (nSPS) is 11.9. The number of nitrogens with zero attached hydrogens (tertiary/aromatic N) is 3. The van der Waals surface area contributed by atoms with Crippen molar-refractivity contribution in [3.05, 3.63) is 59.4 Å². The van der Waals surface area contributed by atoms with Crippen LogP contribution in [0.1, 0.15) is 12.5 Å². The average molecular weight is 389 g/mol. The lowest BCUT2D eigenvalue weighted by Gasteiger charge is -2.09. The number of benzene rings is 1. The maximum absolute atomic E-state index is 12.2. The van der Waals surface area contributed by atoms with Gasteiger partial charge in [-0.2, -0.15) is 0 Å². The van der Waals surface area contributed by atoms with Crippen molar-refractivity contribution < 1.29 is 9.21 Å². The summed E-state index contributed by atoms with van der Waals surface area (Å²) in [6, 6.07) is 11.2. The van der Waals surface area contributed by atoms with Crippen LogP contribution in [0.15, 0.2) is 58.4 Å². The van der Waals surface area contributed by atoms with Crippen LogP contribution in [0.2, 0.25) is 5.02 Å². The van der Waals surface area contributed by atoms with Gasteiger partial charge in [0.15, 0.2) is 0 Å². The lowest BCUT2D eigenvalue weighted by molar-refractivity contribution is -0.120. The van der Waals surface area contributed by atoms with Gasteiger partial charge in [-0.25, -0.2) is 0 Å². The zero-order valence-electron chi connectivity index (χ0n) is 14.1. The van der Waals surface area contributed by atoms with Crippen molar-refractivity contribution in [2.45, 2.75) is 23.8 Å². The highest BCUT2D eigenvalue weighted by Crippen LogP contribution is 2.25. The van der Waals surface area contributed by atoms with Crippen LogP contribution >= 0.6 is 23.4 Å². The minimum Gasteiger partial charge on any atom is -0.411 e. The van der Waals surface area contributed by atoms with E-state index in [9.17, 15) is 4.79 Å². The molecule has 2 aromatic heterocycles. The maximum atomic E-state index is 12.2. The summed E-state index contributed by atoms with van der Waals surface area (Å²) >= 11 is 7.08. The molecule has 134 valence electrons. The van der Waals surface area contributed by atoms with Crippen LogP contribution in [0.5, 0.6) is 0 Å². The summed E-state index contributed by atoms with van der Waals surface area (Å²) < 4.78 is 5.58. The third kappa shape index (κ3) is 5.06. The number of aromatic nitrogens is 3. The minimum atomic E-state index is -0.345. The van der Waals surface area contributed by atoms with Crippen LogP contribution in [0.4, 0.5) is 0 Å². The summed E-state index contributed by atoms with van der Waals surface area (Å²) in [5.74, 6) is 0.307. The predicted molar refractivity (Wildman–Crippen MR) is 101 cm³/mol. The first-order valence-electron chi connectivity index (χ1n) is 8.04. The standard InChI is InChI=1S/C18H17ClN4O2S/c1-12(16(24)21-10-8-13-4-6-15(19)7-5-13)26-18-23-22-17(25-18)14-3-2-9-20-11-14/h2-7,9,11-12H,8,10H2,1H3,(H,21,24)/t12-/m0/s1. The molecule has 3 aromatic rings. The molecule has 0 aliphatic carbocycles. The summed E-state index contributed by atoms with van der Waals surface area (Å²) in [5, 5.41) is 11.6. The molecule has 8 heteroatoms. The zero-order valence-corrected chi connectivity index (χ0v) is 15.6. The SMILES string of the molecule is C[C@H](Sc1nnc(-c2cccnc2)o1)C(=O)NCCc1ccc(Cl)cc1. The Hall–Kier alpha value is -2.38. The Bertz CT molecular complexity index is 855. The number of hydrogen-bond acceptors (Lipinski definition) is 6. The Labute approximate surface area is 160 Å². The van der Waals surface area contributed by atoms with Crippen molar-refractivity contribution >= 4 is 29.3 Å². The van der Waals surface area contributed by atoms with Crippen LogP contribution in [-0.2, 0) is 11.2 Å². The first-order valence-corrected chi connectivity index (χ1v) is 9.30. The van der Waals surface area contributed by atoms with E-state index in [0.29, 0.717) is 22.7 Å². The molecular formula is C18H17ClN4O2S. The molecule has 1 amide bonds. The van der Waals surface area contributed by atoms with Gasteiger partial charge in [0.2, 0.25) is 11.8 Å². The molecular weight excluding hydrogens is 372 g/mol. The van der Waals surface area contributed by atoms with Gasteiger partial charge < -0.3 is 9.73 Å². The number of amides is 1. The summed E-state index contributed by atoms with van der Waals surface area (Å²) in [6.07, 6.45) is 4.06. The number of carbonyl (C=O) groups is 1. The van der Waals surface area contributed by atoms with Crippen LogP contribution in [0, 0.1) is 0 Å². The van der Waals surface area contributed by atoms with Crippen LogP contribution in [0.3, 0.4) is 0 Å². The number of thioether (sulfide) groups is 1. The predicted octanol–water partition coefficient (Wildman–Crippen LogP) is 3.62. The van der Waals surface area contributed by atoms with E-state index in [4.69, 9.17) is 16.0 Å². The van der Waals surface area contributed by atoms with E-state index in [-0.39, 0.29) is 11.2 Å². The number of carbonyl (C=O) groups excluding carboxylic acids is 1. The second-order valence-corrected chi connectivity index (χ2v) is 7.27. The second-order valence-electron chi connectivity index (χ2n) is 5.54. The zero-order chi connectivity index (χ0) is 18.4. The molecule has 0 aliphatic heterocycles. The number of halogens is 1. The highest BCUT2D eigenvalue weighted by atomic mass is 35.5. The Balaban J connectivity index is 1.48. The van der Waals surface area contributed by atoms with Gasteiger partial charge in [-0.1, -0.05) is 35.5 Å². The summed E-state index contributed by atoms with van der Waals surface area (Å²) in [5.41, 5.74) is 1.86. The molecule has 3 rings (SSSR count). The van der Waals surface area contributed by atoms with E-state index in [1.165, 1.54) is 11.8 Å². The van der Waals surface area contributed by atoms with Crippen molar-refractivity contribution in [1.29, 1.82) is 0 Å². The summed E-state index contributed by atoms with van der Waals surface area (Å²) in [4.78, 5) is 16.2. The Kier molecular flexibility index (Phi) is 6.25. The number of hydrogen-bond donors (Lipinski definition) is 1. The van der Waals surface area contributed by atoms with Gasteiger partial charge in [-0.3, -0.25) is 9.78 Å². The number of pyridine rings is 1. The molecule has 0 fully saturated rings. The Morgan fingerprint density at radius 3 is 2.81 bits per heavy atom. The van der Waals surface area contributed by atoms with E-state index in [2.05, 4.69) is 20.5 Å². The van der Waals surface area contributed by atoms with Crippen LogP contribution in [0.25, 0.3) is 11.5 Å². The molecule has 0 spiro atoms. The molecule has 1 aromatic carbocycles. The third-order valence-corrected chi connectivity index (χ3v) is 4.77. The first kappa shape index (κ1) is 18.4. The highest BCUT2D eigenvalue weighted by molar-refractivity contribution is 8.00. The Morgan fingerprint density at radius 2 is 2.08 bits per heavy atom. The molecule has 0 saturated carbocycles. The van der Waals surface area contributed by atoms with Gasteiger partial charge in [-0.05, 0) is 43.2 Å². The fourth-order valence-corrected chi connectivity index (χ4v) is 3.03. The number of rotatable bonds is 7. The minimum absolute atomic E-state index is 0.0786. The van der Waals surface area contributed by atoms with Gasteiger partial charge in [0.05, 0.1) is 10.8 Å². The van der Waals surface area contributed by atoms with E-state index in [1.54, 1.807) is 25.4 Å². The highest BCUT2D eigenvalue weighted by Gasteiger charge is 2.18. The molecule has 1 atom stereocenters. The lowest BCUT2D eigenvalue weighted by atomic mass is 10.1. The average Bonchev–Trinajstić information content (AvgIpc) is 3.12. The van der Waals surface area contributed by atoms with Crippen LogP contribution in [-0.4, -0.2) is 32.9 Å². The molecule has 1 N–H and O–H groups in total. The smallest absolute Gasteiger partial charge is 0.277 e. The van der Waals surface area contributed by atoms with Crippen molar-refractivity contribution in [3.8, 4) is 11.5 Å². The largest absolute Gasteiger partial charge is 0.411 e. The maximum Gasteiger partial charge on any atom is 0.277 e. The van der Waals surface area contributed by atoms with Gasteiger partial charge in [-0.15, -0.1) is 10.2 Å². The Morgan fingerprint density at radius 1 is 1.27 bits per heavy atom. The molecule has 0 bridgehead atoms. The number of nitrogens with one attached hydrogen (secondary N) is 1. The lowest BCUT2D eigenvalue weighted by Crippen LogP contribution is -2.32. The molecule has 0 unspecified atom stereocenters. The second kappa shape index (κ2) is 8.82. The molecule has 0 aliphatic rings. The van der Waals surface area contributed by atoms with Gasteiger partial charge in [0.25, 0.3) is 5.22 Å². The van der Waals surface area contributed by atoms with E-state index in [0.717, 1.165) is 17.5 Å². The van der Waals surface area contributed by atoms with Gasteiger partial charge >= 0.3 is 0 Å². The molecule has 6 nitrogen and oxygen atoms in total. The quantitative estimate of drug-likeness (QED) is 0.622. The third-order valence-electron chi connectivity index (χ3n) is 3.59. The van der Waals surface area contributed by atoms with E-state index in [1.807, 2.05) is 30.3 Å². The monoisotopic (exact) mass is 388 g/mol. The van der Waals surface area contributed by atoms with Crippen LogP contribution < -0.4 is 5.32 Å². The molecule has 0 saturated heterocycles. The first-order chi connectivity index (χ1) is 12.6. The fraction of sp³-hybridized carbons (Fsp3) is 0.222. The van der Waals surface area contributed by atoms with Gasteiger partial charge in [0, 0.05) is 24.0 Å².